The molecule has 0 aliphatic heterocycles. The number of alkyl halides is 3. The first-order chi connectivity index (χ1) is 11.9. The van der Waals surface area contributed by atoms with Gasteiger partial charge in [-0.15, -0.1) is 11.8 Å². The lowest BCUT2D eigenvalue weighted by molar-refractivity contribution is -0.139. The highest BCUT2D eigenvalue weighted by Crippen LogP contribution is 2.48. The molecule has 2 N–H and O–H groups in total. The van der Waals surface area contributed by atoms with Crippen molar-refractivity contribution in [2.75, 3.05) is 11.1 Å². The lowest BCUT2D eigenvalue weighted by Crippen LogP contribution is -2.23. The van der Waals surface area contributed by atoms with E-state index in [9.17, 15) is 22.8 Å². The average molecular weight is 413 g/mol. The van der Waals surface area contributed by atoms with E-state index in [-0.39, 0.29) is 11.6 Å². The first-order valence-electron chi connectivity index (χ1n) is 7.56. The Hall–Kier alpha value is -1.68. The summed E-state index contributed by atoms with van der Waals surface area (Å²) >= 11 is 6.77. The van der Waals surface area contributed by atoms with E-state index in [2.05, 4.69) is 10.3 Å². The number of rotatable bonds is 7. The molecule has 1 aromatic rings. The van der Waals surface area contributed by atoms with Crippen LogP contribution in [0.25, 0.3) is 0 Å². The molecule has 144 valence electrons. The number of thioether (sulfide) groups is 1. The van der Waals surface area contributed by atoms with E-state index in [0.29, 0.717) is 18.9 Å². The van der Waals surface area contributed by atoms with Crippen molar-refractivity contribution in [1.29, 1.82) is 0 Å². The minimum atomic E-state index is -4.72. The van der Waals surface area contributed by atoms with Crippen LogP contribution in [-0.2, 0) is 15.8 Å². The zero-order valence-corrected chi connectivity index (χ0v) is 15.4. The number of carbonyl (C=O) groups excluding carboxylic acids is 1. The molecule has 0 saturated heterocycles. The topological polar surface area (TPSA) is 88.5 Å². The molecule has 1 heterocycles. The number of hydrogen-bond acceptors (Lipinski definition) is 5. The Kier molecular flexibility index (Phi) is 5.96. The van der Waals surface area contributed by atoms with Crippen molar-refractivity contribution in [2.45, 2.75) is 43.7 Å². The number of carboxylic acids is 1. The fourth-order valence-corrected chi connectivity index (χ4v) is 3.17. The van der Waals surface area contributed by atoms with Gasteiger partial charge >= 0.3 is 12.1 Å². The van der Waals surface area contributed by atoms with Crippen LogP contribution in [0.3, 0.4) is 0 Å². The Bertz CT molecular complexity index is 724. The van der Waals surface area contributed by atoms with Crippen molar-refractivity contribution in [3.8, 4) is 5.88 Å². The van der Waals surface area contributed by atoms with E-state index in [0.717, 1.165) is 11.8 Å². The predicted octanol–water partition coefficient (Wildman–Crippen LogP) is 3.83. The third kappa shape index (κ3) is 4.94. The number of aliphatic carboxylic acids is 1. The Labute approximate surface area is 156 Å². The molecule has 1 aromatic heterocycles. The highest BCUT2D eigenvalue weighted by atomic mass is 35.5. The van der Waals surface area contributed by atoms with Crippen molar-refractivity contribution in [1.82, 2.24) is 4.98 Å². The smallest absolute Gasteiger partial charge is 0.421 e. The number of carbonyl (C=O) groups is 2. The zero-order chi connectivity index (χ0) is 19.7. The van der Waals surface area contributed by atoms with Gasteiger partial charge in [0.2, 0.25) is 11.8 Å². The van der Waals surface area contributed by atoms with Crippen LogP contribution in [0.4, 0.5) is 19.0 Å². The van der Waals surface area contributed by atoms with Gasteiger partial charge in [0, 0.05) is 0 Å². The molecule has 1 aliphatic carbocycles. The monoisotopic (exact) mass is 412 g/mol. The number of amides is 1. The normalized spacial score (nSPS) is 15.7. The summed E-state index contributed by atoms with van der Waals surface area (Å²) in [5.74, 6) is -2.77. The van der Waals surface area contributed by atoms with E-state index in [4.69, 9.17) is 21.4 Å². The number of nitrogens with one attached hydrogen (secondary N) is 1. The van der Waals surface area contributed by atoms with Crippen LogP contribution in [0.2, 0.25) is 5.02 Å². The van der Waals surface area contributed by atoms with Crippen molar-refractivity contribution in [2.24, 2.45) is 0 Å². The molecule has 0 bridgehead atoms. The van der Waals surface area contributed by atoms with Crippen molar-refractivity contribution < 1.29 is 32.6 Å². The number of anilines is 1. The van der Waals surface area contributed by atoms with Crippen molar-refractivity contribution in [3.63, 3.8) is 0 Å². The first-order valence-corrected chi connectivity index (χ1v) is 8.92. The molecule has 1 saturated carbocycles. The SMILES string of the molecule is CC(C)Oc1nc(NC(=O)CSC2(C(=O)O)CC2)c(Cl)cc1C(F)(F)F. The van der Waals surface area contributed by atoms with Crippen LogP contribution < -0.4 is 10.1 Å². The number of nitrogens with zero attached hydrogens (tertiary/aromatic N) is 1. The van der Waals surface area contributed by atoms with E-state index >= 15 is 0 Å². The molecular weight excluding hydrogens is 397 g/mol. The van der Waals surface area contributed by atoms with Gasteiger partial charge in [-0.3, -0.25) is 9.59 Å². The lowest BCUT2D eigenvalue weighted by Gasteiger charge is -2.17. The molecule has 2 rings (SSSR count). The maximum absolute atomic E-state index is 13.1. The summed E-state index contributed by atoms with van der Waals surface area (Å²) in [6.07, 6.45) is -4.37. The van der Waals surface area contributed by atoms with Crippen LogP contribution in [-0.4, -0.2) is 38.6 Å². The van der Waals surface area contributed by atoms with Crippen LogP contribution in [0.5, 0.6) is 5.88 Å². The van der Waals surface area contributed by atoms with Crippen molar-refractivity contribution >= 4 is 41.1 Å². The van der Waals surface area contributed by atoms with Gasteiger partial charge in [0.1, 0.15) is 10.3 Å². The number of pyridine rings is 1. The maximum Gasteiger partial charge on any atom is 0.421 e. The fraction of sp³-hybridized carbons (Fsp3) is 0.533. The number of halogens is 4. The summed E-state index contributed by atoms with van der Waals surface area (Å²) in [4.78, 5) is 26.8. The van der Waals surface area contributed by atoms with E-state index in [1.54, 1.807) is 0 Å². The first kappa shape index (κ1) is 20.6. The van der Waals surface area contributed by atoms with Gasteiger partial charge in [-0.05, 0) is 32.8 Å². The Morgan fingerprint density at radius 2 is 2.08 bits per heavy atom. The summed E-state index contributed by atoms with van der Waals surface area (Å²) in [6.45, 7) is 3.07. The second-order valence-electron chi connectivity index (χ2n) is 5.97. The molecule has 6 nitrogen and oxygen atoms in total. The molecule has 11 heteroatoms. The summed E-state index contributed by atoms with van der Waals surface area (Å²) in [5, 5.41) is 11.0. The van der Waals surface area contributed by atoms with Crippen LogP contribution >= 0.6 is 23.4 Å². The maximum atomic E-state index is 13.1. The van der Waals surface area contributed by atoms with Crippen LogP contribution in [0.15, 0.2) is 6.07 Å². The predicted molar refractivity (Wildman–Crippen MR) is 90.7 cm³/mol. The second-order valence-corrected chi connectivity index (χ2v) is 7.74. The summed E-state index contributed by atoms with van der Waals surface area (Å²) in [5.41, 5.74) is -1.15. The van der Waals surface area contributed by atoms with Gasteiger partial charge in [-0.1, -0.05) is 11.6 Å². The second kappa shape index (κ2) is 7.51. The van der Waals surface area contributed by atoms with Gasteiger partial charge in [0.25, 0.3) is 0 Å². The summed E-state index contributed by atoms with van der Waals surface area (Å²) in [6, 6.07) is 0.634. The van der Waals surface area contributed by atoms with Gasteiger partial charge in [-0.2, -0.15) is 18.2 Å². The minimum Gasteiger partial charge on any atom is -0.480 e. The average Bonchev–Trinajstić information content (AvgIpc) is 3.28. The van der Waals surface area contributed by atoms with Crippen molar-refractivity contribution in [3.05, 3.63) is 16.7 Å². The van der Waals surface area contributed by atoms with E-state index < -0.39 is 45.4 Å². The van der Waals surface area contributed by atoms with Gasteiger partial charge in [0.05, 0.1) is 16.9 Å². The molecule has 0 aromatic carbocycles. The van der Waals surface area contributed by atoms with Gasteiger partial charge in [-0.25, -0.2) is 0 Å². The zero-order valence-electron chi connectivity index (χ0n) is 13.8. The summed E-state index contributed by atoms with van der Waals surface area (Å²) < 4.78 is 43.4. The highest BCUT2D eigenvalue weighted by molar-refractivity contribution is 8.02. The fourth-order valence-electron chi connectivity index (χ4n) is 1.98. The molecule has 1 fully saturated rings. The largest absolute Gasteiger partial charge is 0.480 e. The molecular formula is C15H16ClF3N2O4S. The van der Waals surface area contributed by atoms with E-state index in [1.165, 1.54) is 13.8 Å². The molecule has 1 amide bonds. The molecule has 0 radical (unpaired) electrons. The van der Waals surface area contributed by atoms with Gasteiger partial charge < -0.3 is 15.2 Å². The van der Waals surface area contributed by atoms with E-state index in [1.807, 2.05) is 0 Å². The molecule has 26 heavy (non-hydrogen) atoms. The number of ether oxygens (including phenoxy) is 1. The van der Waals surface area contributed by atoms with Crippen LogP contribution in [0.1, 0.15) is 32.3 Å². The van der Waals surface area contributed by atoms with Gasteiger partial charge in [0.15, 0.2) is 5.82 Å². The third-order valence-corrected chi connectivity index (χ3v) is 5.26. The molecule has 1 aliphatic rings. The molecule has 0 spiro atoms. The quantitative estimate of drug-likeness (QED) is 0.707. The minimum absolute atomic E-state index is 0.189. The third-order valence-electron chi connectivity index (χ3n) is 3.43. The lowest BCUT2D eigenvalue weighted by atomic mass is 10.2. The molecule has 0 atom stereocenters. The molecule has 0 unspecified atom stereocenters. The standard InChI is InChI=1S/C15H16ClF3N2O4S/c1-7(2)25-12-8(15(17,18)19)5-9(16)11(21-12)20-10(22)6-26-14(3-4-14)13(23)24/h5,7H,3-4,6H2,1-2H3,(H,23,24)(H,20,21,22). The Morgan fingerprint density at radius 1 is 1.46 bits per heavy atom. The van der Waals surface area contributed by atoms with Crippen LogP contribution in [0, 0.1) is 0 Å². The number of carboxylic acid groups (broad SMARTS) is 1. The number of hydrogen-bond donors (Lipinski definition) is 2. The Morgan fingerprint density at radius 3 is 2.54 bits per heavy atom. The Balaban J connectivity index is 2.15. The highest BCUT2D eigenvalue weighted by Gasteiger charge is 2.51. The summed E-state index contributed by atoms with van der Waals surface area (Å²) in [7, 11) is 0. The number of aromatic nitrogens is 1.